The third-order valence-electron chi connectivity index (χ3n) is 3.79. The van der Waals surface area contributed by atoms with Crippen LogP contribution in [0.15, 0.2) is 53.1 Å². The second-order valence-electron chi connectivity index (χ2n) is 5.57. The Morgan fingerprint density at radius 2 is 2.09 bits per heavy atom. The summed E-state index contributed by atoms with van der Waals surface area (Å²) in [6.07, 6.45) is 1.93. The molecule has 4 nitrogen and oxygen atoms in total. The van der Waals surface area contributed by atoms with Crippen LogP contribution in [-0.4, -0.2) is 13.0 Å². The number of rotatable bonds is 5. The Hall–Kier alpha value is -2.75. The summed E-state index contributed by atoms with van der Waals surface area (Å²) >= 11 is 0. The molecule has 0 aliphatic rings. The average molecular weight is 309 g/mol. The van der Waals surface area contributed by atoms with Crippen molar-refractivity contribution in [1.29, 1.82) is 0 Å². The maximum atomic E-state index is 12.2. The number of ether oxygens (including phenoxy) is 1. The van der Waals surface area contributed by atoms with Gasteiger partial charge in [0, 0.05) is 23.6 Å². The molecule has 0 spiro atoms. The number of fused-ring (bicyclic) bond motifs is 1. The van der Waals surface area contributed by atoms with E-state index < -0.39 is 0 Å². The highest BCUT2D eigenvalue weighted by Crippen LogP contribution is 2.25. The van der Waals surface area contributed by atoms with Crippen molar-refractivity contribution in [2.75, 3.05) is 7.11 Å². The zero-order valence-corrected chi connectivity index (χ0v) is 13.3. The van der Waals surface area contributed by atoms with Gasteiger partial charge in [-0.1, -0.05) is 29.8 Å². The number of benzene rings is 2. The summed E-state index contributed by atoms with van der Waals surface area (Å²) in [5, 5.41) is 3.89. The van der Waals surface area contributed by atoms with Gasteiger partial charge in [-0.15, -0.1) is 0 Å². The molecular weight excluding hydrogens is 290 g/mol. The fourth-order valence-corrected chi connectivity index (χ4v) is 2.59. The van der Waals surface area contributed by atoms with Crippen molar-refractivity contribution in [2.24, 2.45) is 0 Å². The Bertz CT molecular complexity index is 836. The molecular formula is C19H19NO3. The Morgan fingerprint density at radius 1 is 1.22 bits per heavy atom. The molecule has 1 amide bonds. The summed E-state index contributed by atoms with van der Waals surface area (Å²) in [5.41, 5.74) is 3.89. The Morgan fingerprint density at radius 3 is 2.87 bits per heavy atom. The third-order valence-corrected chi connectivity index (χ3v) is 3.79. The first-order valence-electron chi connectivity index (χ1n) is 7.52. The summed E-state index contributed by atoms with van der Waals surface area (Å²) in [6.45, 7) is 2.57. The molecule has 2 aromatic carbocycles. The van der Waals surface area contributed by atoms with Crippen LogP contribution in [0, 0.1) is 6.92 Å². The molecule has 0 aliphatic carbocycles. The van der Waals surface area contributed by atoms with Crippen LogP contribution < -0.4 is 10.1 Å². The van der Waals surface area contributed by atoms with Crippen LogP contribution in [0.1, 0.15) is 16.7 Å². The Labute approximate surface area is 135 Å². The monoisotopic (exact) mass is 309 g/mol. The van der Waals surface area contributed by atoms with Gasteiger partial charge in [0.15, 0.2) is 0 Å². The lowest BCUT2D eigenvalue weighted by Crippen LogP contribution is -2.24. The average Bonchev–Trinajstić information content (AvgIpc) is 2.95. The van der Waals surface area contributed by atoms with Crippen molar-refractivity contribution in [3.05, 3.63) is 65.4 Å². The van der Waals surface area contributed by atoms with Crippen molar-refractivity contribution < 1.29 is 13.9 Å². The number of hydrogen-bond donors (Lipinski definition) is 1. The third kappa shape index (κ3) is 3.54. The predicted octanol–water partition coefficient (Wildman–Crippen LogP) is 3.61. The van der Waals surface area contributed by atoms with E-state index in [1.165, 1.54) is 5.56 Å². The highest BCUT2D eigenvalue weighted by molar-refractivity contribution is 5.88. The summed E-state index contributed by atoms with van der Waals surface area (Å²) < 4.78 is 10.7. The van der Waals surface area contributed by atoms with Crippen molar-refractivity contribution >= 4 is 16.9 Å². The van der Waals surface area contributed by atoms with Crippen molar-refractivity contribution in [3.8, 4) is 5.75 Å². The number of methoxy groups -OCH3 is 1. The lowest BCUT2D eigenvalue weighted by atomic mass is 10.1. The van der Waals surface area contributed by atoms with Crippen molar-refractivity contribution in [3.63, 3.8) is 0 Å². The number of amides is 1. The first kappa shape index (κ1) is 15.2. The number of nitrogens with one attached hydrogen (secondary N) is 1. The van der Waals surface area contributed by atoms with E-state index >= 15 is 0 Å². The van der Waals surface area contributed by atoms with E-state index in [1.54, 1.807) is 13.4 Å². The van der Waals surface area contributed by atoms with Gasteiger partial charge in [0.1, 0.15) is 11.3 Å². The number of carbonyl (C=O) groups excluding carboxylic acids is 1. The molecule has 0 fully saturated rings. The van der Waals surface area contributed by atoms with Crippen LogP contribution in [-0.2, 0) is 17.8 Å². The number of carbonyl (C=O) groups is 1. The number of furan rings is 1. The van der Waals surface area contributed by atoms with E-state index in [1.807, 2.05) is 43.3 Å². The molecule has 4 heteroatoms. The molecule has 0 aliphatic heterocycles. The zero-order chi connectivity index (χ0) is 16.2. The van der Waals surface area contributed by atoms with Gasteiger partial charge in [-0.05, 0) is 24.6 Å². The van der Waals surface area contributed by atoms with E-state index in [0.29, 0.717) is 13.0 Å². The molecule has 1 heterocycles. The number of hydrogen-bond acceptors (Lipinski definition) is 3. The van der Waals surface area contributed by atoms with Gasteiger partial charge in [0.25, 0.3) is 0 Å². The molecule has 0 saturated heterocycles. The number of aryl methyl sites for hydroxylation is 1. The maximum Gasteiger partial charge on any atom is 0.224 e. The van der Waals surface area contributed by atoms with Crippen LogP contribution in [0.5, 0.6) is 5.75 Å². The largest absolute Gasteiger partial charge is 0.497 e. The smallest absolute Gasteiger partial charge is 0.224 e. The molecule has 23 heavy (non-hydrogen) atoms. The predicted molar refractivity (Wildman–Crippen MR) is 89.5 cm³/mol. The van der Waals surface area contributed by atoms with Gasteiger partial charge < -0.3 is 14.5 Å². The highest BCUT2D eigenvalue weighted by Gasteiger charge is 2.11. The molecule has 3 aromatic rings. The fourth-order valence-electron chi connectivity index (χ4n) is 2.59. The second-order valence-corrected chi connectivity index (χ2v) is 5.57. The molecule has 0 bridgehead atoms. The van der Waals surface area contributed by atoms with Crippen LogP contribution in [0.25, 0.3) is 11.0 Å². The minimum atomic E-state index is -0.0231. The fraction of sp³-hybridized carbons (Fsp3) is 0.211. The minimum Gasteiger partial charge on any atom is -0.497 e. The van der Waals surface area contributed by atoms with Gasteiger partial charge in [-0.25, -0.2) is 0 Å². The summed E-state index contributed by atoms with van der Waals surface area (Å²) in [7, 11) is 1.61. The molecule has 0 unspecified atom stereocenters. The van der Waals surface area contributed by atoms with Gasteiger partial charge >= 0.3 is 0 Å². The second kappa shape index (κ2) is 6.57. The van der Waals surface area contributed by atoms with Gasteiger partial charge in [0.05, 0.1) is 19.8 Å². The Kier molecular flexibility index (Phi) is 4.33. The summed E-state index contributed by atoms with van der Waals surface area (Å²) in [5.74, 6) is 0.715. The molecule has 3 rings (SSSR count). The first-order chi connectivity index (χ1) is 11.2. The maximum absolute atomic E-state index is 12.2. The lowest BCUT2D eigenvalue weighted by Gasteiger charge is -2.05. The summed E-state index contributed by atoms with van der Waals surface area (Å²) in [6, 6.07) is 13.7. The molecule has 0 atom stereocenters. The topological polar surface area (TPSA) is 51.5 Å². The van der Waals surface area contributed by atoms with E-state index in [4.69, 9.17) is 9.15 Å². The van der Waals surface area contributed by atoms with Gasteiger partial charge in [-0.2, -0.15) is 0 Å². The summed E-state index contributed by atoms with van der Waals surface area (Å²) in [4.78, 5) is 12.2. The van der Waals surface area contributed by atoms with Crippen molar-refractivity contribution in [2.45, 2.75) is 19.9 Å². The standard InChI is InChI=1S/C19H19NO3/c1-13-4-3-5-14(8-13)11-20-19(21)9-15-12-23-18-10-16(22-2)6-7-17(15)18/h3-8,10,12H,9,11H2,1-2H3,(H,20,21). The van der Waals surface area contributed by atoms with Crippen LogP contribution in [0.3, 0.4) is 0 Å². The normalized spacial score (nSPS) is 10.7. The first-order valence-corrected chi connectivity index (χ1v) is 7.52. The van der Waals surface area contributed by atoms with Crippen LogP contribution >= 0.6 is 0 Å². The minimum absolute atomic E-state index is 0.0231. The van der Waals surface area contributed by atoms with Crippen molar-refractivity contribution in [1.82, 2.24) is 5.32 Å². The molecule has 1 N–H and O–H groups in total. The van der Waals surface area contributed by atoms with E-state index in [2.05, 4.69) is 11.4 Å². The molecule has 118 valence electrons. The Balaban J connectivity index is 1.66. The quantitative estimate of drug-likeness (QED) is 0.783. The SMILES string of the molecule is COc1ccc2c(CC(=O)NCc3cccc(C)c3)coc2c1. The molecule has 0 radical (unpaired) electrons. The van der Waals surface area contributed by atoms with E-state index in [0.717, 1.165) is 27.8 Å². The van der Waals surface area contributed by atoms with E-state index in [9.17, 15) is 4.79 Å². The molecule has 0 saturated carbocycles. The van der Waals surface area contributed by atoms with Crippen LogP contribution in [0.2, 0.25) is 0 Å². The van der Waals surface area contributed by atoms with Gasteiger partial charge in [-0.3, -0.25) is 4.79 Å². The van der Waals surface area contributed by atoms with Gasteiger partial charge in [0.2, 0.25) is 5.91 Å². The molecule has 1 aromatic heterocycles. The highest BCUT2D eigenvalue weighted by atomic mass is 16.5. The zero-order valence-electron chi connectivity index (χ0n) is 13.3. The lowest BCUT2D eigenvalue weighted by molar-refractivity contribution is -0.120. The van der Waals surface area contributed by atoms with E-state index in [-0.39, 0.29) is 5.91 Å². The van der Waals surface area contributed by atoms with Crippen LogP contribution in [0.4, 0.5) is 0 Å².